The summed E-state index contributed by atoms with van der Waals surface area (Å²) in [5, 5.41) is 6.62. The number of rotatable bonds is 6. The van der Waals surface area contributed by atoms with E-state index in [0.717, 1.165) is 11.1 Å². The summed E-state index contributed by atoms with van der Waals surface area (Å²) in [6.45, 7) is 2.50. The molecule has 0 aliphatic heterocycles. The van der Waals surface area contributed by atoms with Crippen LogP contribution >= 0.6 is 23.1 Å². The molecule has 5 aromatic rings. The van der Waals surface area contributed by atoms with Gasteiger partial charge in [0, 0.05) is 5.56 Å². The maximum atomic E-state index is 13.1. The number of hydrogen-bond acceptors (Lipinski definition) is 7. The van der Waals surface area contributed by atoms with E-state index in [1.165, 1.54) is 28.7 Å². The number of benzene rings is 2. The first-order chi connectivity index (χ1) is 15.2. The Morgan fingerprint density at radius 3 is 2.65 bits per heavy atom. The smallest absolute Gasteiger partial charge is 0.272 e. The van der Waals surface area contributed by atoms with Gasteiger partial charge in [-0.05, 0) is 23.9 Å². The molecule has 2 aromatic carbocycles. The molecule has 0 fully saturated rings. The maximum absolute atomic E-state index is 13.1. The Kier molecular flexibility index (Phi) is 5.40. The van der Waals surface area contributed by atoms with Crippen molar-refractivity contribution in [3.63, 3.8) is 0 Å². The highest BCUT2D eigenvalue weighted by molar-refractivity contribution is 7.98. The van der Waals surface area contributed by atoms with Crippen molar-refractivity contribution in [1.29, 1.82) is 0 Å². The van der Waals surface area contributed by atoms with E-state index in [1.54, 1.807) is 4.57 Å². The number of hydrogen-bond donors (Lipinski definition) is 0. The van der Waals surface area contributed by atoms with Gasteiger partial charge in [-0.3, -0.25) is 9.36 Å². The van der Waals surface area contributed by atoms with Crippen LogP contribution in [0.5, 0.6) is 0 Å². The van der Waals surface area contributed by atoms with Gasteiger partial charge >= 0.3 is 0 Å². The van der Waals surface area contributed by atoms with Gasteiger partial charge in [-0.25, -0.2) is 4.98 Å². The molecule has 154 valence electrons. The van der Waals surface area contributed by atoms with Crippen LogP contribution in [0.3, 0.4) is 0 Å². The molecule has 0 N–H and O–H groups in total. The van der Waals surface area contributed by atoms with Crippen LogP contribution < -0.4 is 5.56 Å². The standard InChI is InChI=1S/C23H18N4O2S2/c1-15-7-9-17(10-8-15)21-25-19(29-26-21)14-31-23-24-18-11-12-30-20(18)22(28)27(23)13-16-5-3-2-4-6-16/h2-12H,13-14H2,1H3. The predicted octanol–water partition coefficient (Wildman–Crippen LogP) is 5.16. The molecule has 0 atom stereocenters. The average Bonchev–Trinajstić information content (AvgIpc) is 3.45. The Bertz CT molecular complexity index is 1390. The quantitative estimate of drug-likeness (QED) is 0.265. The van der Waals surface area contributed by atoms with Crippen molar-refractivity contribution in [3.05, 3.63) is 93.4 Å². The number of thiophene rings is 1. The second kappa shape index (κ2) is 8.49. The van der Waals surface area contributed by atoms with E-state index in [-0.39, 0.29) is 5.56 Å². The summed E-state index contributed by atoms with van der Waals surface area (Å²) in [4.78, 5) is 22.3. The number of thioether (sulfide) groups is 1. The second-order valence-corrected chi connectivity index (χ2v) is 8.93. The van der Waals surface area contributed by atoms with E-state index < -0.39 is 0 Å². The summed E-state index contributed by atoms with van der Waals surface area (Å²) in [5.41, 5.74) is 3.81. The highest BCUT2D eigenvalue weighted by atomic mass is 32.2. The van der Waals surface area contributed by atoms with E-state index in [0.29, 0.717) is 39.4 Å². The van der Waals surface area contributed by atoms with Crippen molar-refractivity contribution in [3.8, 4) is 11.4 Å². The van der Waals surface area contributed by atoms with Crippen molar-refractivity contribution >= 4 is 33.3 Å². The Morgan fingerprint density at radius 2 is 1.84 bits per heavy atom. The lowest BCUT2D eigenvalue weighted by Crippen LogP contribution is -2.23. The zero-order chi connectivity index (χ0) is 21.2. The maximum Gasteiger partial charge on any atom is 0.272 e. The van der Waals surface area contributed by atoms with E-state index >= 15 is 0 Å². The molecule has 3 heterocycles. The fourth-order valence-electron chi connectivity index (χ4n) is 3.20. The summed E-state index contributed by atoms with van der Waals surface area (Å²) in [7, 11) is 0. The number of aryl methyl sites for hydroxylation is 1. The lowest BCUT2D eigenvalue weighted by molar-refractivity contribution is 0.391. The average molecular weight is 447 g/mol. The van der Waals surface area contributed by atoms with Crippen LogP contribution in [0.15, 0.2) is 80.5 Å². The third-order valence-electron chi connectivity index (χ3n) is 4.82. The third kappa shape index (κ3) is 4.17. The molecule has 6 nitrogen and oxygen atoms in total. The first-order valence-electron chi connectivity index (χ1n) is 9.72. The molecule has 0 aliphatic rings. The van der Waals surface area contributed by atoms with Gasteiger partial charge in [0.25, 0.3) is 5.56 Å². The first kappa shape index (κ1) is 19.7. The monoisotopic (exact) mass is 446 g/mol. The zero-order valence-electron chi connectivity index (χ0n) is 16.7. The second-order valence-electron chi connectivity index (χ2n) is 7.07. The molecule has 0 aliphatic carbocycles. The molecule has 8 heteroatoms. The Morgan fingerprint density at radius 1 is 1.03 bits per heavy atom. The first-order valence-corrected chi connectivity index (χ1v) is 11.6. The van der Waals surface area contributed by atoms with Crippen molar-refractivity contribution in [2.45, 2.75) is 24.4 Å². The lowest BCUT2D eigenvalue weighted by Gasteiger charge is -2.11. The Hall–Kier alpha value is -3.23. The van der Waals surface area contributed by atoms with E-state index in [1.807, 2.05) is 73.0 Å². The third-order valence-corrected chi connectivity index (χ3v) is 6.67. The summed E-state index contributed by atoms with van der Waals surface area (Å²) in [5.74, 6) is 1.47. The van der Waals surface area contributed by atoms with Gasteiger partial charge in [-0.2, -0.15) is 4.98 Å². The Balaban J connectivity index is 1.43. The van der Waals surface area contributed by atoms with Gasteiger partial charge in [-0.15, -0.1) is 11.3 Å². The van der Waals surface area contributed by atoms with Crippen LogP contribution in [0.4, 0.5) is 0 Å². The lowest BCUT2D eigenvalue weighted by atomic mass is 10.1. The molecule has 0 saturated heterocycles. The molecule has 0 bridgehead atoms. The topological polar surface area (TPSA) is 73.8 Å². The van der Waals surface area contributed by atoms with Gasteiger partial charge in [-0.1, -0.05) is 77.1 Å². The van der Waals surface area contributed by atoms with Crippen molar-refractivity contribution < 1.29 is 4.52 Å². The van der Waals surface area contributed by atoms with Crippen LogP contribution in [0.1, 0.15) is 17.0 Å². The fourth-order valence-corrected chi connectivity index (χ4v) is 4.81. The molecule has 5 rings (SSSR count). The minimum absolute atomic E-state index is 0.0303. The molecule has 31 heavy (non-hydrogen) atoms. The SMILES string of the molecule is Cc1ccc(-c2noc(CSc3nc4ccsc4c(=O)n3Cc3ccccc3)n2)cc1. The van der Waals surface area contributed by atoms with Crippen molar-refractivity contribution in [1.82, 2.24) is 19.7 Å². The van der Waals surface area contributed by atoms with Crippen LogP contribution in [-0.2, 0) is 12.3 Å². The largest absolute Gasteiger partial charge is 0.338 e. The van der Waals surface area contributed by atoms with Crippen LogP contribution in [-0.4, -0.2) is 19.7 Å². The van der Waals surface area contributed by atoms with Gasteiger partial charge in [0.05, 0.1) is 17.8 Å². The minimum atomic E-state index is -0.0303. The highest BCUT2D eigenvalue weighted by Crippen LogP contribution is 2.25. The Labute approximate surface area is 186 Å². The summed E-state index contributed by atoms with van der Waals surface area (Å²) in [6.07, 6.45) is 0. The number of fused-ring (bicyclic) bond motifs is 1. The normalized spacial score (nSPS) is 11.3. The van der Waals surface area contributed by atoms with E-state index in [4.69, 9.17) is 9.51 Å². The summed E-state index contributed by atoms with van der Waals surface area (Å²) < 4.78 is 7.82. The minimum Gasteiger partial charge on any atom is -0.338 e. The molecular weight excluding hydrogens is 428 g/mol. The van der Waals surface area contributed by atoms with E-state index in [9.17, 15) is 4.79 Å². The summed E-state index contributed by atoms with van der Waals surface area (Å²) in [6, 6.07) is 19.8. The summed E-state index contributed by atoms with van der Waals surface area (Å²) >= 11 is 2.84. The molecule has 0 spiro atoms. The molecule has 3 aromatic heterocycles. The zero-order valence-corrected chi connectivity index (χ0v) is 18.3. The van der Waals surface area contributed by atoms with Crippen LogP contribution in [0, 0.1) is 6.92 Å². The molecular formula is C23H18N4O2S2. The van der Waals surface area contributed by atoms with Gasteiger partial charge in [0.1, 0.15) is 4.70 Å². The highest BCUT2D eigenvalue weighted by Gasteiger charge is 2.15. The molecule has 0 saturated carbocycles. The molecule has 0 amide bonds. The van der Waals surface area contributed by atoms with Crippen molar-refractivity contribution in [2.24, 2.45) is 0 Å². The number of aromatic nitrogens is 4. The molecule has 0 unspecified atom stereocenters. The van der Waals surface area contributed by atoms with Crippen LogP contribution in [0.2, 0.25) is 0 Å². The van der Waals surface area contributed by atoms with Gasteiger partial charge in [0.15, 0.2) is 5.16 Å². The van der Waals surface area contributed by atoms with Crippen LogP contribution in [0.25, 0.3) is 21.6 Å². The predicted molar refractivity (Wildman–Crippen MR) is 123 cm³/mol. The van der Waals surface area contributed by atoms with E-state index in [2.05, 4.69) is 10.1 Å². The fraction of sp³-hybridized carbons (Fsp3) is 0.130. The molecule has 0 radical (unpaired) electrons. The van der Waals surface area contributed by atoms with Gasteiger partial charge < -0.3 is 4.52 Å². The van der Waals surface area contributed by atoms with Gasteiger partial charge in [0.2, 0.25) is 11.7 Å². The number of nitrogens with zero attached hydrogens (tertiary/aromatic N) is 4. The van der Waals surface area contributed by atoms with Crippen molar-refractivity contribution in [2.75, 3.05) is 0 Å².